The molecule has 2 heterocycles. The molecule has 1 aliphatic heterocycles. The molecule has 1 N–H and O–H groups in total. The molecule has 2 aromatic rings. The molecule has 0 saturated heterocycles. The molecular formula is C21H21NO4. The maximum absolute atomic E-state index is 12.5. The number of Topliss-reactive ketones (excluding diaryl/α,β-unsaturated/α-hetero) is 1. The Bertz CT molecular complexity index is 960. The monoisotopic (exact) mass is 351 g/mol. The Morgan fingerprint density at radius 1 is 1.31 bits per heavy atom. The number of nitrogens with one attached hydrogen (secondary N) is 1. The number of ether oxygens (including phenoxy) is 1. The lowest BCUT2D eigenvalue weighted by Crippen LogP contribution is -2.17. The number of furan rings is 1. The quantitative estimate of drug-likeness (QED) is 0.856. The highest BCUT2D eigenvalue weighted by atomic mass is 16.5. The molecule has 0 spiro atoms. The number of hydrogen-bond donors (Lipinski definition) is 1. The van der Waals surface area contributed by atoms with E-state index in [2.05, 4.69) is 5.32 Å². The molecule has 5 nitrogen and oxygen atoms in total. The molecule has 1 aromatic carbocycles. The lowest BCUT2D eigenvalue weighted by atomic mass is 10.00. The van der Waals surface area contributed by atoms with Gasteiger partial charge in [0.2, 0.25) is 0 Å². The minimum atomic E-state index is -0.315. The highest BCUT2D eigenvalue weighted by Gasteiger charge is 2.26. The zero-order chi connectivity index (χ0) is 18.3. The van der Waals surface area contributed by atoms with Gasteiger partial charge in [0, 0.05) is 23.7 Å². The molecule has 1 aliphatic carbocycles. The van der Waals surface area contributed by atoms with Crippen molar-refractivity contribution >= 4 is 28.1 Å². The van der Waals surface area contributed by atoms with Crippen molar-refractivity contribution in [3.05, 3.63) is 47.4 Å². The Morgan fingerprint density at radius 3 is 2.85 bits per heavy atom. The number of hydrogen-bond acceptors (Lipinski definition) is 5. The third-order valence-electron chi connectivity index (χ3n) is 4.72. The molecule has 0 bridgehead atoms. The van der Waals surface area contributed by atoms with Gasteiger partial charge in [-0.2, -0.15) is 0 Å². The average Bonchev–Trinajstić information content (AvgIpc) is 3.33. The molecule has 0 atom stereocenters. The first-order valence-electron chi connectivity index (χ1n) is 8.93. The van der Waals surface area contributed by atoms with E-state index >= 15 is 0 Å². The van der Waals surface area contributed by atoms with Gasteiger partial charge in [-0.15, -0.1) is 0 Å². The van der Waals surface area contributed by atoms with Gasteiger partial charge < -0.3 is 14.5 Å². The summed E-state index contributed by atoms with van der Waals surface area (Å²) in [7, 11) is 0. The number of ketones is 2. The van der Waals surface area contributed by atoms with Gasteiger partial charge in [0.25, 0.3) is 0 Å². The van der Waals surface area contributed by atoms with Crippen LogP contribution in [0.25, 0.3) is 16.5 Å². The molecule has 1 saturated carbocycles. The molecule has 4 rings (SSSR count). The molecule has 5 heteroatoms. The third kappa shape index (κ3) is 3.05. The molecule has 26 heavy (non-hydrogen) atoms. The number of allylic oxidation sites excluding steroid dienone is 3. The van der Waals surface area contributed by atoms with Crippen LogP contribution >= 0.6 is 0 Å². The molecular weight excluding hydrogens is 330 g/mol. The van der Waals surface area contributed by atoms with Gasteiger partial charge in [-0.25, -0.2) is 0 Å². The van der Waals surface area contributed by atoms with Gasteiger partial charge in [0.1, 0.15) is 5.76 Å². The highest BCUT2D eigenvalue weighted by Crippen LogP contribution is 2.38. The van der Waals surface area contributed by atoms with Gasteiger partial charge in [-0.05, 0) is 50.8 Å². The van der Waals surface area contributed by atoms with Crippen molar-refractivity contribution in [2.75, 3.05) is 6.54 Å². The van der Waals surface area contributed by atoms with Crippen LogP contribution in [-0.4, -0.2) is 24.2 Å². The molecule has 2 aliphatic rings. The molecule has 0 amide bonds. The fourth-order valence-electron chi connectivity index (χ4n) is 3.23. The van der Waals surface area contributed by atoms with Gasteiger partial charge in [0.05, 0.1) is 11.7 Å². The Balaban J connectivity index is 1.82. The van der Waals surface area contributed by atoms with E-state index in [-0.39, 0.29) is 23.2 Å². The van der Waals surface area contributed by atoms with E-state index in [1.807, 2.05) is 25.1 Å². The van der Waals surface area contributed by atoms with Crippen LogP contribution < -0.4 is 10.1 Å². The summed E-state index contributed by atoms with van der Waals surface area (Å²) in [5, 5.41) is 4.09. The van der Waals surface area contributed by atoms with Crippen molar-refractivity contribution in [3.8, 4) is 5.75 Å². The van der Waals surface area contributed by atoms with Crippen LogP contribution in [0.15, 0.2) is 40.5 Å². The first-order valence-corrected chi connectivity index (χ1v) is 8.93. The van der Waals surface area contributed by atoms with Crippen LogP contribution in [0, 0.1) is 0 Å². The average molecular weight is 351 g/mol. The topological polar surface area (TPSA) is 68.5 Å². The van der Waals surface area contributed by atoms with Crippen LogP contribution in [0.1, 0.15) is 38.0 Å². The Kier molecular flexibility index (Phi) is 4.15. The highest BCUT2D eigenvalue weighted by molar-refractivity contribution is 6.24. The van der Waals surface area contributed by atoms with Crippen molar-refractivity contribution in [1.29, 1.82) is 0 Å². The largest absolute Gasteiger partial charge is 0.486 e. The van der Waals surface area contributed by atoms with Gasteiger partial charge in [-0.1, -0.05) is 12.1 Å². The van der Waals surface area contributed by atoms with E-state index in [9.17, 15) is 9.59 Å². The number of rotatable bonds is 3. The van der Waals surface area contributed by atoms with E-state index in [0.717, 1.165) is 41.5 Å². The molecule has 0 radical (unpaired) electrons. The summed E-state index contributed by atoms with van der Waals surface area (Å²) >= 11 is 0. The van der Waals surface area contributed by atoms with Gasteiger partial charge >= 0.3 is 0 Å². The molecule has 0 unspecified atom stereocenters. The maximum Gasteiger partial charge on any atom is 0.191 e. The lowest BCUT2D eigenvalue weighted by molar-refractivity contribution is -0.118. The predicted octanol–water partition coefficient (Wildman–Crippen LogP) is 3.57. The van der Waals surface area contributed by atoms with Crippen molar-refractivity contribution in [1.82, 2.24) is 5.32 Å². The van der Waals surface area contributed by atoms with E-state index in [1.54, 1.807) is 0 Å². The molecule has 1 fully saturated rings. The first-order chi connectivity index (χ1) is 12.5. The number of fused-ring (bicyclic) bond motifs is 3. The number of para-hydroxylation sites is 1. The van der Waals surface area contributed by atoms with Gasteiger partial charge in [-0.3, -0.25) is 9.59 Å². The van der Waals surface area contributed by atoms with Crippen molar-refractivity contribution in [2.45, 2.75) is 39.2 Å². The normalized spacial score (nSPS) is 21.8. The Labute approximate surface area is 151 Å². The lowest BCUT2D eigenvalue weighted by Gasteiger charge is -2.08. The smallest absolute Gasteiger partial charge is 0.191 e. The third-order valence-corrected chi connectivity index (χ3v) is 4.72. The van der Waals surface area contributed by atoms with E-state index in [0.29, 0.717) is 17.9 Å². The van der Waals surface area contributed by atoms with Crippen LogP contribution in [-0.2, 0) is 16.0 Å². The maximum atomic E-state index is 12.5. The summed E-state index contributed by atoms with van der Waals surface area (Å²) in [6.45, 7) is 3.84. The minimum Gasteiger partial charge on any atom is -0.486 e. The van der Waals surface area contributed by atoms with Crippen LogP contribution in [0.5, 0.6) is 5.75 Å². The number of benzene rings is 1. The molecule has 134 valence electrons. The second kappa shape index (κ2) is 6.48. The molecule has 1 aromatic heterocycles. The minimum absolute atomic E-state index is 0.154. The van der Waals surface area contributed by atoms with Crippen LogP contribution in [0.2, 0.25) is 0 Å². The fraction of sp³-hybridized carbons (Fsp3) is 0.333. The van der Waals surface area contributed by atoms with Crippen molar-refractivity contribution in [3.63, 3.8) is 0 Å². The zero-order valence-corrected chi connectivity index (χ0v) is 14.9. The second-order valence-corrected chi connectivity index (χ2v) is 6.87. The summed E-state index contributed by atoms with van der Waals surface area (Å²) in [5.74, 6) is 0.871. The van der Waals surface area contributed by atoms with Crippen LogP contribution in [0.3, 0.4) is 0 Å². The summed E-state index contributed by atoms with van der Waals surface area (Å²) in [6.07, 6.45) is 6.14. The van der Waals surface area contributed by atoms with Crippen molar-refractivity contribution < 1.29 is 18.7 Å². The zero-order valence-electron chi connectivity index (χ0n) is 14.9. The number of carbonyl (C=O) groups is 2. The van der Waals surface area contributed by atoms with E-state index in [1.165, 1.54) is 19.2 Å². The van der Waals surface area contributed by atoms with E-state index < -0.39 is 0 Å². The Morgan fingerprint density at radius 2 is 2.12 bits per heavy atom. The van der Waals surface area contributed by atoms with Crippen LogP contribution in [0.4, 0.5) is 0 Å². The van der Waals surface area contributed by atoms with Gasteiger partial charge in [0.15, 0.2) is 22.9 Å². The Hall–Kier alpha value is -2.82. The van der Waals surface area contributed by atoms with E-state index in [4.69, 9.17) is 9.15 Å². The van der Waals surface area contributed by atoms with Crippen molar-refractivity contribution in [2.24, 2.45) is 0 Å². The predicted molar refractivity (Wildman–Crippen MR) is 99.0 cm³/mol. The summed E-state index contributed by atoms with van der Waals surface area (Å²) in [6, 6.07) is 5.92. The first kappa shape index (κ1) is 16.6. The summed E-state index contributed by atoms with van der Waals surface area (Å²) in [4.78, 5) is 24.2. The SMILES string of the molecule is CC(=O)/C1=C/NCCc2c(oc3c(OC4CC4)cccc23)/C(C)=C/C1=O. The number of carbonyl (C=O) groups excluding carboxylic acids is 2. The second-order valence-electron chi connectivity index (χ2n) is 6.87. The fourth-order valence-corrected chi connectivity index (χ4v) is 3.23. The summed E-state index contributed by atoms with van der Waals surface area (Å²) in [5.41, 5.74) is 2.65. The summed E-state index contributed by atoms with van der Waals surface area (Å²) < 4.78 is 12.1. The standard InChI is InChI=1S/C21H21NO4/c1-12-10-18(24)17(13(2)23)11-22-9-8-16-15-4-3-5-19(25-14-6-7-14)21(15)26-20(12)16/h3-5,10-11,14,22H,6-9H2,1-2H3/b12-10+,17-11-.